The highest BCUT2D eigenvalue weighted by Crippen LogP contribution is 2.44. The number of rotatable bonds is 5. The summed E-state index contributed by atoms with van der Waals surface area (Å²) in [6, 6.07) is 3.56. The average molecular weight is 300 g/mol. The Morgan fingerprint density at radius 1 is 1.50 bits per heavy atom. The van der Waals surface area contributed by atoms with Gasteiger partial charge in [-0.3, -0.25) is 10.1 Å². The van der Waals surface area contributed by atoms with E-state index in [1.165, 1.54) is 18.2 Å². The molecule has 0 aromatic heterocycles. The molecule has 0 unspecified atom stereocenters. The van der Waals surface area contributed by atoms with Gasteiger partial charge in [0.05, 0.1) is 11.5 Å². The Hall–Kier alpha value is -1.86. The van der Waals surface area contributed by atoms with Crippen LogP contribution in [0.4, 0.5) is 16.2 Å². The van der Waals surface area contributed by atoms with Crippen LogP contribution in [-0.4, -0.2) is 29.2 Å². The molecular weight excluding hydrogens is 286 g/mol. The highest BCUT2D eigenvalue weighted by molar-refractivity contribution is 6.32. The number of halogens is 1. The summed E-state index contributed by atoms with van der Waals surface area (Å²) in [5.74, 6) is 0. The summed E-state index contributed by atoms with van der Waals surface area (Å²) in [6.45, 7) is 0.421. The normalized spacial score (nSPS) is 15.5. The number of nitro benzene ring substituents is 1. The molecule has 8 heteroatoms. The van der Waals surface area contributed by atoms with Crippen molar-refractivity contribution in [3.05, 3.63) is 33.3 Å². The lowest BCUT2D eigenvalue weighted by Crippen LogP contribution is -2.35. The van der Waals surface area contributed by atoms with Crippen molar-refractivity contribution in [2.45, 2.75) is 12.8 Å². The molecule has 0 atom stereocenters. The van der Waals surface area contributed by atoms with Gasteiger partial charge in [-0.15, -0.1) is 0 Å². The predicted molar refractivity (Wildman–Crippen MR) is 73.9 cm³/mol. The van der Waals surface area contributed by atoms with Crippen molar-refractivity contribution in [3.8, 4) is 0 Å². The molecule has 2 amide bonds. The highest BCUT2D eigenvalue weighted by Gasteiger charge is 2.42. The molecule has 3 N–H and O–H groups in total. The summed E-state index contributed by atoms with van der Waals surface area (Å²) in [6.07, 6.45) is 1.77. The fourth-order valence-corrected chi connectivity index (χ4v) is 1.93. The number of nitro groups is 1. The summed E-state index contributed by atoms with van der Waals surface area (Å²) < 4.78 is 0. The van der Waals surface area contributed by atoms with Crippen LogP contribution in [0.25, 0.3) is 0 Å². The topological polar surface area (TPSA) is 104 Å². The van der Waals surface area contributed by atoms with Crippen LogP contribution in [-0.2, 0) is 0 Å². The first-order valence-electron chi connectivity index (χ1n) is 6.05. The largest absolute Gasteiger partial charge is 0.396 e. The second-order valence-electron chi connectivity index (χ2n) is 4.89. The summed E-state index contributed by atoms with van der Waals surface area (Å²) in [4.78, 5) is 21.8. The molecule has 0 saturated heterocycles. The van der Waals surface area contributed by atoms with Crippen LogP contribution in [0.2, 0.25) is 5.02 Å². The molecule has 1 aliphatic rings. The maximum atomic E-state index is 11.7. The lowest BCUT2D eigenvalue weighted by molar-refractivity contribution is -0.384. The molecule has 1 fully saturated rings. The lowest BCUT2D eigenvalue weighted by atomic mass is 10.1. The van der Waals surface area contributed by atoms with Crippen molar-refractivity contribution in [3.63, 3.8) is 0 Å². The number of benzene rings is 1. The first-order chi connectivity index (χ1) is 9.46. The Balaban J connectivity index is 1.94. The molecule has 0 radical (unpaired) electrons. The number of urea groups is 1. The molecule has 1 aromatic carbocycles. The molecule has 20 heavy (non-hydrogen) atoms. The third-order valence-corrected chi connectivity index (χ3v) is 3.64. The molecular formula is C12H14ClN3O4. The van der Waals surface area contributed by atoms with Gasteiger partial charge in [-0.1, -0.05) is 11.6 Å². The summed E-state index contributed by atoms with van der Waals surface area (Å²) in [5, 5.41) is 25.0. The van der Waals surface area contributed by atoms with E-state index < -0.39 is 11.0 Å². The minimum Gasteiger partial charge on any atom is -0.396 e. The SMILES string of the molecule is O=C(NCC1(CO)CC1)Nc1ccc(Cl)c([N+](=O)[O-])c1. The molecule has 1 aliphatic carbocycles. The zero-order chi connectivity index (χ0) is 14.8. The average Bonchev–Trinajstić information content (AvgIpc) is 3.19. The van der Waals surface area contributed by atoms with E-state index in [9.17, 15) is 14.9 Å². The monoisotopic (exact) mass is 299 g/mol. The van der Waals surface area contributed by atoms with E-state index in [0.717, 1.165) is 12.8 Å². The Labute approximate surface area is 120 Å². The van der Waals surface area contributed by atoms with E-state index in [1.807, 2.05) is 0 Å². The van der Waals surface area contributed by atoms with Crippen LogP contribution in [0.3, 0.4) is 0 Å². The number of nitrogens with one attached hydrogen (secondary N) is 2. The summed E-state index contributed by atoms with van der Waals surface area (Å²) in [5.41, 5.74) is -0.172. The van der Waals surface area contributed by atoms with Gasteiger partial charge in [0, 0.05) is 23.7 Å². The van der Waals surface area contributed by atoms with Gasteiger partial charge in [-0.05, 0) is 25.0 Å². The van der Waals surface area contributed by atoms with E-state index in [1.54, 1.807) is 0 Å². The second kappa shape index (κ2) is 5.64. The third kappa shape index (κ3) is 3.37. The van der Waals surface area contributed by atoms with Gasteiger partial charge >= 0.3 is 6.03 Å². The maximum absolute atomic E-state index is 11.7. The quantitative estimate of drug-likeness (QED) is 0.572. The van der Waals surface area contributed by atoms with Crippen molar-refractivity contribution in [2.75, 3.05) is 18.5 Å². The molecule has 0 bridgehead atoms. The van der Waals surface area contributed by atoms with Crippen LogP contribution >= 0.6 is 11.6 Å². The zero-order valence-electron chi connectivity index (χ0n) is 10.6. The highest BCUT2D eigenvalue weighted by atomic mass is 35.5. The fraction of sp³-hybridized carbons (Fsp3) is 0.417. The number of nitrogens with zero attached hydrogens (tertiary/aromatic N) is 1. The van der Waals surface area contributed by atoms with Gasteiger partial charge in [0.2, 0.25) is 0 Å². The van der Waals surface area contributed by atoms with Crippen LogP contribution in [0, 0.1) is 15.5 Å². The number of hydrogen-bond acceptors (Lipinski definition) is 4. The molecule has 2 rings (SSSR count). The van der Waals surface area contributed by atoms with Gasteiger partial charge in [0.15, 0.2) is 0 Å². The van der Waals surface area contributed by atoms with Crippen molar-refractivity contribution in [1.82, 2.24) is 5.32 Å². The van der Waals surface area contributed by atoms with Gasteiger partial charge < -0.3 is 15.7 Å². The Kier molecular flexibility index (Phi) is 4.10. The van der Waals surface area contributed by atoms with Gasteiger partial charge in [-0.2, -0.15) is 0 Å². The van der Waals surface area contributed by atoms with Crippen LogP contribution in [0.15, 0.2) is 18.2 Å². The molecule has 108 valence electrons. The zero-order valence-corrected chi connectivity index (χ0v) is 11.3. The number of hydrogen-bond donors (Lipinski definition) is 3. The summed E-state index contributed by atoms with van der Waals surface area (Å²) in [7, 11) is 0. The fourth-order valence-electron chi connectivity index (χ4n) is 1.74. The molecule has 0 heterocycles. The number of carbonyl (C=O) groups excluding carboxylic acids is 1. The van der Waals surface area contributed by atoms with Crippen molar-refractivity contribution < 1.29 is 14.8 Å². The van der Waals surface area contributed by atoms with Crippen molar-refractivity contribution in [1.29, 1.82) is 0 Å². The van der Waals surface area contributed by atoms with Crippen molar-refractivity contribution in [2.24, 2.45) is 5.41 Å². The minimum atomic E-state index is -0.615. The number of anilines is 1. The summed E-state index contributed by atoms with van der Waals surface area (Å²) >= 11 is 5.68. The number of amides is 2. The van der Waals surface area contributed by atoms with E-state index >= 15 is 0 Å². The van der Waals surface area contributed by atoms with Gasteiger partial charge in [-0.25, -0.2) is 4.79 Å². The van der Waals surface area contributed by atoms with Gasteiger partial charge in [0.1, 0.15) is 5.02 Å². The van der Waals surface area contributed by atoms with Crippen LogP contribution < -0.4 is 10.6 Å². The standard InChI is InChI=1S/C12H14ClN3O4/c13-9-2-1-8(5-10(9)16(19)20)15-11(18)14-6-12(7-17)3-4-12/h1-2,5,17H,3-4,6-7H2,(H2,14,15,18). The number of aliphatic hydroxyl groups is 1. The molecule has 1 saturated carbocycles. The molecule has 0 aliphatic heterocycles. The predicted octanol–water partition coefficient (Wildman–Crippen LogP) is 2.14. The van der Waals surface area contributed by atoms with E-state index in [2.05, 4.69) is 10.6 Å². The smallest absolute Gasteiger partial charge is 0.319 e. The Bertz CT molecular complexity index is 546. The first kappa shape index (κ1) is 14.5. The Morgan fingerprint density at radius 3 is 2.75 bits per heavy atom. The van der Waals surface area contributed by atoms with Crippen LogP contribution in [0.1, 0.15) is 12.8 Å². The second-order valence-corrected chi connectivity index (χ2v) is 5.30. The van der Waals surface area contributed by atoms with E-state index in [-0.39, 0.29) is 28.4 Å². The molecule has 1 aromatic rings. The van der Waals surface area contributed by atoms with E-state index in [4.69, 9.17) is 16.7 Å². The molecule has 0 spiro atoms. The third-order valence-electron chi connectivity index (χ3n) is 3.32. The lowest BCUT2D eigenvalue weighted by Gasteiger charge is -2.13. The number of carbonyl (C=O) groups is 1. The van der Waals surface area contributed by atoms with E-state index in [0.29, 0.717) is 6.54 Å². The first-order valence-corrected chi connectivity index (χ1v) is 6.43. The Morgan fingerprint density at radius 2 is 2.20 bits per heavy atom. The number of aliphatic hydroxyl groups excluding tert-OH is 1. The minimum absolute atomic E-state index is 0.0122. The molecule has 7 nitrogen and oxygen atoms in total. The van der Waals surface area contributed by atoms with Gasteiger partial charge in [0.25, 0.3) is 5.69 Å². The maximum Gasteiger partial charge on any atom is 0.319 e. The van der Waals surface area contributed by atoms with Crippen molar-refractivity contribution >= 4 is 29.0 Å². The van der Waals surface area contributed by atoms with Crippen LogP contribution in [0.5, 0.6) is 0 Å².